The summed E-state index contributed by atoms with van der Waals surface area (Å²) in [7, 11) is 1.31. The SMILES string of the molecule is COC(=O)c1cc(N)cnc1N(CCO)C(C)C. The second-order valence-corrected chi connectivity index (χ2v) is 4.14. The second-order valence-electron chi connectivity index (χ2n) is 4.14. The third kappa shape index (κ3) is 3.10. The lowest BCUT2D eigenvalue weighted by Crippen LogP contribution is -2.35. The molecule has 100 valence electrons. The van der Waals surface area contributed by atoms with Gasteiger partial charge in [0.1, 0.15) is 11.4 Å². The Labute approximate surface area is 106 Å². The molecular formula is C12H19N3O3. The summed E-state index contributed by atoms with van der Waals surface area (Å²) < 4.78 is 4.72. The van der Waals surface area contributed by atoms with Crippen LogP contribution in [0.1, 0.15) is 24.2 Å². The highest BCUT2D eigenvalue weighted by atomic mass is 16.5. The smallest absolute Gasteiger partial charge is 0.341 e. The van der Waals surface area contributed by atoms with Crippen LogP contribution < -0.4 is 10.6 Å². The van der Waals surface area contributed by atoms with Gasteiger partial charge in [-0.05, 0) is 19.9 Å². The highest BCUT2D eigenvalue weighted by Crippen LogP contribution is 2.22. The van der Waals surface area contributed by atoms with E-state index < -0.39 is 5.97 Å². The Balaban J connectivity index is 3.24. The van der Waals surface area contributed by atoms with Crippen molar-refractivity contribution in [2.45, 2.75) is 19.9 Å². The molecule has 6 heteroatoms. The first kappa shape index (κ1) is 14.2. The summed E-state index contributed by atoms with van der Waals surface area (Å²) in [5.74, 6) is -0.0199. The van der Waals surface area contributed by atoms with Crippen molar-refractivity contribution >= 4 is 17.5 Å². The van der Waals surface area contributed by atoms with E-state index in [1.807, 2.05) is 18.7 Å². The summed E-state index contributed by atoms with van der Waals surface area (Å²) in [5, 5.41) is 9.08. The summed E-state index contributed by atoms with van der Waals surface area (Å²) in [6.45, 7) is 4.27. The van der Waals surface area contributed by atoms with Gasteiger partial charge < -0.3 is 20.5 Å². The average molecular weight is 253 g/mol. The number of methoxy groups -OCH3 is 1. The van der Waals surface area contributed by atoms with Crippen LogP contribution in [0.4, 0.5) is 11.5 Å². The summed E-state index contributed by atoms with van der Waals surface area (Å²) >= 11 is 0. The number of hydrogen-bond donors (Lipinski definition) is 2. The maximum atomic E-state index is 11.7. The molecule has 1 aromatic rings. The normalized spacial score (nSPS) is 10.5. The first-order valence-electron chi connectivity index (χ1n) is 5.72. The van der Waals surface area contributed by atoms with Crippen molar-refractivity contribution < 1.29 is 14.6 Å². The predicted octanol–water partition coefficient (Wildman–Crippen LogP) is 0.657. The molecule has 0 fully saturated rings. The number of nitrogen functional groups attached to an aromatic ring is 1. The minimum atomic E-state index is -0.492. The van der Waals surface area contributed by atoms with Crippen LogP contribution in [0.3, 0.4) is 0 Å². The van der Waals surface area contributed by atoms with Gasteiger partial charge in [0.2, 0.25) is 0 Å². The van der Waals surface area contributed by atoms with Gasteiger partial charge in [-0.1, -0.05) is 0 Å². The Kier molecular flexibility index (Phi) is 4.91. The number of pyridine rings is 1. The van der Waals surface area contributed by atoms with E-state index in [1.54, 1.807) is 0 Å². The molecule has 0 unspecified atom stereocenters. The molecule has 6 nitrogen and oxygen atoms in total. The van der Waals surface area contributed by atoms with Crippen LogP contribution in [0.2, 0.25) is 0 Å². The molecule has 0 aliphatic heterocycles. The number of rotatable bonds is 5. The van der Waals surface area contributed by atoms with Crippen LogP contribution in [-0.2, 0) is 4.74 Å². The first-order valence-corrected chi connectivity index (χ1v) is 5.72. The third-order valence-electron chi connectivity index (χ3n) is 2.53. The van der Waals surface area contributed by atoms with Crippen LogP contribution >= 0.6 is 0 Å². The topological polar surface area (TPSA) is 88.7 Å². The van der Waals surface area contributed by atoms with Crippen LogP contribution in [0, 0.1) is 0 Å². The molecule has 0 radical (unpaired) electrons. The Bertz CT molecular complexity index is 421. The quantitative estimate of drug-likeness (QED) is 0.749. The molecule has 0 aliphatic rings. The van der Waals surface area contributed by atoms with E-state index in [4.69, 9.17) is 15.6 Å². The molecule has 0 spiro atoms. The van der Waals surface area contributed by atoms with Gasteiger partial charge in [-0.15, -0.1) is 0 Å². The zero-order valence-corrected chi connectivity index (χ0v) is 10.9. The molecule has 0 saturated carbocycles. The van der Waals surface area contributed by atoms with Gasteiger partial charge >= 0.3 is 5.97 Å². The van der Waals surface area contributed by atoms with Gasteiger partial charge in [0.15, 0.2) is 0 Å². The number of aliphatic hydroxyl groups is 1. The van der Waals surface area contributed by atoms with E-state index in [9.17, 15) is 4.79 Å². The number of carbonyl (C=O) groups is 1. The highest BCUT2D eigenvalue weighted by molar-refractivity contribution is 5.95. The van der Waals surface area contributed by atoms with E-state index >= 15 is 0 Å². The standard InChI is InChI=1S/C12H19N3O3/c1-8(2)15(4-5-16)11-10(12(17)18-3)6-9(13)7-14-11/h6-8,16H,4-5,13H2,1-3H3. The van der Waals surface area contributed by atoms with Gasteiger partial charge in [0.25, 0.3) is 0 Å². The lowest BCUT2D eigenvalue weighted by atomic mass is 10.2. The summed E-state index contributed by atoms with van der Waals surface area (Å²) in [4.78, 5) is 17.7. The number of aromatic nitrogens is 1. The molecule has 1 aromatic heterocycles. The zero-order valence-electron chi connectivity index (χ0n) is 10.9. The monoisotopic (exact) mass is 253 g/mol. The van der Waals surface area contributed by atoms with Crippen LogP contribution in [0.5, 0.6) is 0 Å². The number of nitrogens with two attached hydrogens (primary N) is 1. The Morgan fingerprint density at radius 1 is 1.61 bits per heavy atom. The summed E-state index contributed by atoms with van der Waals surface area (Å²) in [5.41, 5.74) is 6.33. The van der Waals surface area contributed by atoms with Crippen molar-refractivity contribution in [3.05, 3.63) is 17.8 Å². The summed E-state index contributed by atoms with van der Waals surface area (Å²) in [6, 6.07) is 1.62. The molecule has 3 N–H and O–H groups in total. The van der Waals surface area contributed by atoms with E-state index in [2.05, 4.69) is 4.98 Å². The zero-order chi connectivity index (χ0) is 13.7. The maximum absolute atomic E-state index is 11.7. The Morgan fingerprint density at radius 3 is 2.78 bits per heavy atom. The van der Waals surface area contributed by atoms with Gasteiger partial charge in [-0.25, -0.2) is 9.78 Å². The molecule has 0 saturated heterocycles. The third-order valence-corrected chi connectivity index (χ3v) is 2.53. The van der Waals surface area contributed by atoms with E-state index in [0.717, 1.165) is 0 Å². The number of hydrogen-bond acceptors (Lipinski definition) is 6. The Morgan fingerprint density at radius 2 is 2.28 bits per heavy atom. The molecule has 0 bridgehead atoms. The van der Waals surface area contributed by atoms with Gasteiger partial charge in [-0.3, -0.25) is 0 Å². The fourth-order valence-electron chi connectivity index (χ4n) is 1.68. The Hall–Kier alpha value is -1.82. The number of aliphatic hydroxyl groups excluding tert-OH is 1. The molecule has 0 amide bonds. The first-order chi connectivity index (χ1) is 8.51. The number of nitrogens with zero attached hydrogens (tertiary/aromatic N) is 2. The number of carbonyl (C=O) groups excluding carboxylic acids is 1. The van der Waals surface area contributed by atoms with E-state index in [-0.39, 0.29) is 12.6 Å². The van der Waals surface area contributed by atoms with Crippen molar-refractivity contribution in [3.63, 3.8) is 0 Å². The fraction of sp³-hybridized carbons (Fsp3) is 0.500. The van der Waals surface area contributed by atoms with Crippen molar-refractivity contribution in [2.24, 2.45) is 0 Å². The van der Waals surface area contributed by atoms with E-state index in [0.29, 0.717) is 23.6 Å². The van der Waals surface area contributed by atoms with Crippen LogP contribution in [0.25, 0.3) is 0 Å². The summed E-state index contributed by atoms with van der Waals surface area (Å²) in [6.07, 6.45) is 1.48. The van der Waals surface area contributed by atoms with Crippen molar-refractivity contribution in [1.82, 2.24) is 4.98 Å². The largest absolute Gasteiger partial charge is 0.465 e. The highest BCUT2D eigenvalue weighted by Gasteiger charge is 2.20. The second kappa shape index (κ2) is 6.20. The van der Waals surface area contributed by atoms with Crippen molar-refractivity contribution in [1.29, 1.82) is 0 Å². The molecule has 0 aliphatic carbocycles. The van der Waals surface area contributed by atoms with Crippen molar-refractivity contribution in [2.75, 3.05) is 30.9 Å². The number of esters is 1. The molecule has 0 aromatic carbocycles. The average Bonchev–Trinajstić information content (AvgIpc) is 2.35. The predicted molar refractivity (Wildman–Crippen MR) is 69.6 cm³/mol. The van der Waals surface area contributed by atoms with E-state index in [1.165, 1.54) is 19.4 Å². The fourth-order valence-corrected chi connectivity index (χ4v) is 1.68. The lowest BCUT2D eigenvalue weighted by molar-refractivity contribution is 0.0601. The number of anilines is 2. The molecular weight excluding hydrogens is 234 g/mol. The number of ether oxygens (including phenoxy) is 1. The molecule has 0 atom stereocenters. The molecule has 18 heavy (non-hydrogen) atoms. The maximum Gasteiger partial charge on any atom is 0.341 e. The van der Waals surface area contributed by atoms with Gasteiger partial charge in [0, 0.05) is 12.6 Å². The lowest BCUT2D eigenvalue weighted by Gasteiger charge is -2.28. The minimum absolute atomic E-state index is 0.0230. The molecule has 1 heterocycles. The van der Waals surface area contributed by atoms with Crippen LogP contribution in [-0.4, -0.2) is 42.4 Å². The van der Waals surface area contributed by atoms with Gasteiger partial charge in [0.05, 0.1) is 25.6 Å². The van der Waals surface area contributed by atoms with Crippen molar-refractivity contribution in [3.8, 4) is 0 Å². The van der Waals surface area contributed by atoms with Gasteiger partial charge in [-0.2, -0.15) is 0 Å². The van der Waals surface area contributed by atoms with Crippen LogP contribution in [0.15, 0.2) is 12.3 Å². The minimum Gasteiger partial charge on any atom is -0.465 e. The molecule has 1 rings (SSSR count).